The molecule has 0 aliphatic rings. The van der Waals surface area contributed by atoms with Gasteiger partial charge < -0.3 is 5.32 Å². The van der Waals surface area contributed by atoms with Crippen LogP contribution in [0.15, 0.2) is 66.9 Å². The minimum Gasteiger partial charge on any atom is -0.349 e. The molecule has 2 aromatic carbocycles. The summed E-state index contributed by atoms with van der Waals surface area (Å²) in [7, 11) is 0. The molecular formula is C21H25N5O. The van der Waals surface area contributed by atoms with Crippen LogP contribution in [0.2, 0.25) is 0 Å². The van der Waals surface area contributed by atoms with E-state index in [0.29, 0.717) is 12.2 Å². The molecule has 1 N–H and O–H groups in total. The Balaban J connectivity index is 1.70. The number of nitrogens with one attached hydrogen (secondary N) is 1. The van der Waals surface area contributed by atoms with Crippen LogP contribution in [0, 0.1) is 0 Å². The average Bonchev–Trinajstić information content (AvgIpc) is 3.22. The van der Waals surface area contributed by atoms with Crippen molar-refractivity contribution >= 4 is 5.91 Å². The SMILES string of the molecule is CCN(CC)C(CNC(=O)c1cnn(-c2ccccc2)n1)c1ccccc1. The summed E-state index contributed by atoms with van der Waals surface area (Å²) in [6.45, 7) is 6.61. The van der Waals surface area contributed by atoms with Gasteiger partial charge in [0.05, 0.1) is 17.9 Å². The molecule has 0 saturated heterocycles. The standard InChI is InChI=1S/C21H25N5O/c1-3-25(4-2)20(17-11-7-5-8-12-17)16-22-21(27)19-15-23-26(24-19)18-13-9-6-10-14-18/h5-15,20H,3-4,16H2,1-2H3,(H,22,27). The molecule has 0 saturated carbocycles. The summed E-state index contributed by atoms with van der Waals surface area (Å²) < 4.78 is 0. The second kappa shape index (κ2) is 9.09. The number of carbonyl (C=O) groups excluding carboxylic acids is 1. The molecule has 0 radical (unpaired) electrons. The number of likely N-dealkylation sites (N-methyl/N-ethyl adjacent to an activating group) is 1. The third kappa shape index (κ3) is 4.60. The van der Waals surface area contributed by atoms with Gasteiger partial charge in [0.1, 0.15) is 0 Å². The maximum atomic E-state index is 12.6. The van der Waals surface area contributed by atoms with Crippen LogP contribution >= 0.6 is 0 Å². The Morgan fingerprint density at radius 3 is 2.30 bits per heavy atom. The van der Waals surface area contributed by atoms with Gasteiger partial charge in [-0.1, -0.05) is 62.4 Å². The lowest BCUT2D eigenvalue weighted by molar-refractivity contribution is 0.0929. The fourth-order valence-electron chi connectivity index (χ4n) is 3.13. The molecule has 0 spiro atoms. The molecule has 140 valence electrons. The van der Waals surface area contributed by atoms with E-state index in [-0.39, 0.29) is 11.9 Å². The largest absolute Gasteiger partial charge is 0.349 e. The summed E-state index contributed by atoms with van der Waals surface area (Å²) in [6, 6.07) is 19.9. The first-order valence-electron chi connectivity index (χ1n) is 9.27. The van der Waals surface area contributed by atoms with Gasteiger partial charge >= 0.3 is 0 Å². The topological polar surface area (TPSA) is 63.1 Å². The maximum Gasteiger partial charge on any atom is 0.273 e. The van der Waals surface area contributed by atoms with Gasteiger partial charge in [-0.25, -0.2) is 0 Å². The zero-order chi connectivity index (χ0) is 19.1. The van der Waals surface area contributed by atoms with E-state index in [2.05, 4.69) is 46.4 Å². The molecule has 1 heterocycles. The number of amides is 1. The van der Waals surface area contributed by atoms with E-state index in [9.17, 15) is 4.79 Å². The Morgan fingerprint density at radius 2 is 1.67 bits per heavy atom. The van der Waals surface area contributed by atoms with Gasteiger partial charge in [0.25, 0.3) is 5.91 Å². The van der Waals surface area contributed by atoms with Crippen LogP contribution in [0.1, 0.15) is 35.9 Å². The predicted molar refractivity (Wildman–Crippen MR) is 106 cm³/mol. The van der Waals surface area contributed by atoms with Crippen LogP contribution in [0.25, 0.3) is 5.69 Å². The van der Waals surface area contributed by atoms with Crippen molar-refractivity contribution in [3.8, 4) is 5.69 Å². The molecule has 3 rings (SSSR count). The summed E-state index contributed by atoms with van der Waals surface area (Å²) in [5, 5.41) is 11.5. The highest BCUT2D eigenvalue weighted by Gasteiger charge is 2.20. The van der Waals surface area contributed by atoms with Gasteiger partial charge in [0.15, 0.2) is 5.69 Å². The van der Waals surface area contributed by atoms with Gasteiger partial charge in [0.2, 0.25) is 0 Å². The van der Waals surface area contributed by atoms with Crippen molar-refractivity contribution in [2.45, 2.75) is 19.9 Å². The Morgan fingerprint density at radius 1 is 1.04 bits per heavy atom. The van der Waals surface area contributed by atoms with Gasteiger partial charge in [-0.05, 0) is 30.8 Å². The van der Waals surface area contributed by atoms with E-state index >= 15 is 0 Å². The van der Waals surface area contributed by atoms with Crippen molar-refractivity contribution in [2.75, 3.05) is 19.6 Å². The Kier molecular flexibility index (Phi) is 6.33. The fraction of sp³-hybridized carbons (Fsp3) is 0.286. The summed E-state index contributed by atoms with van der Waals surface area (Å²) in [5.41, 5.74) is 2.32. The predicted octanol–water partition coefficient (Wildman–Crippen LogP) is 3.08. The van der Waals surface area contributed by atoms with E-state index in [1.807, 2.05) is 48.5 Å². The molecule has 1 amide bonds. The maximum absolute atomic E-state index is 12.6. The summed E-state index contributed by atoms with van der Waals surface area (Å²) in [6.07, 6.45) is 1.50. The van der Waals surface area contributed by atoms with Crippen molar-refractivity contribution < 1.29 is 4.79 Å². The molecule has 6 heteroatoms. The minimum absolute atomic E-state index is 0.120. The second-order valence-corrected chi connectivity index (χ2v) is 6.21. The molecular weight excluding hydrogens is 338 g/mol. The number of rotatable bonds is 8. The Hall–Kier alpha value is -2.99. The fourth-order valence-corrected chi connectivity index (χ4v) is 3.13. The molecule has 1 aromatic heterocycles. The third-order valence-corrected chi connectivity index (χ3v) is 4.61. The highest BCUT2D eigenvalue weighted by atomic mass is 16.2. The van der Waals surface area contributed by atoms with Crippen molar-refractivity contribution in [1.82, 2.24) is 25.2 Å². The quantitative estimate of drug-likeness (QED) is 0.668. The number of carbonyl (C=O) groups is 1. The molecule has 1 unspecified atom stereocenters. The minimum atomic E-state index is -0.217. The highest BCUT2D eigenvalue weighted by Crippen LogP contribution is 2.19. The number of nitrogens with zero attached hydrogens (tertiary/aromatic N) is 4. The smallest absolute Gasteiger partial charge is 0.273 e. The molecule has 0 aliphatic carbocycles. The lowest BCUT2D eigenvalue weighted by Crippen LogP contribution is -2.38. The third-order valence-electron chi connectivity index (χ3n) is 4.61. The van der Waals surface area contributed by atoms with Crippen molar-refractivity contribution in [2.24, 2.45) is 0 Å². The summed E-state index contributed by atoms with van der Waals surface area (Å²) in [5.74, 6) is -0.217. The van der Waals surface area contributed by atoms with Crippen LogP contribution in [0.3, 0.4) is 0 Å². The molecule has 3 aromatic rings. The van der Waals surface area contributed by atoms with Crippen molar-refractivity contribution in [1.29, 1.82) is 0 Å². The average molecular weight is 363 g/mol. The van der Waals surface area contributed by atoms with Crippen LogP contribution < -0.4 is 5.32 Å². The van der Waals surface area contributed by atoms with E-state index in [1.165, 1.54) is 16.6 Å². The molecule has 1 atom stereocenters. The van der Waals surface area contributed by atoms with Gasteiger partial charge in [0, 0.05) is 6.54 Å². The van der Waals surface area contributed by atoms with Crippen LogP contribution in [-0.2, 0) is 0 Å². The normalized spacial score (nSPS) is 12.1. The monoisotopic (exact) mass is 363 g/mol. The molecule has 0 aliphatic heterocycles. The molecule has 0 bridgehead atoms. The molecule has 6 nitrogen and oxygen atoms in total. The Bertz CT molecular complexity index is 843. The highest BCUT2D eigenvalue weighted by molar-refractivity contribution is 5.91. The van der Waals surface area contributed by atoms with Gasteiger partial charge in [-0.2, -0.15) is 9.90 Å². The Labute approximate surface area is 159 Å². The van der Waals surface area contributed by atoms with Crippen LogP contribution in [0.5, 0.6) is 0 Å². The number of para-hydroxylation sites is 1. The van der Waals surface area contributed by atoms with Crippen molar-refractivity contribution in [3.63, 3.8) is 0 Å². The zero-order valence-electron chi connectivity index (χ0n) is 15.7. The first kappa shape index (κ1) is 18.8. The second-order valence-electron chi connectivity index (χ2n) is 6.21. The first-order valence-corrected chi connectivity index (χ1v) is 9.27. The number of hydrogen-bond donors (Lipinski definition) is 1. The number of aromatic nitrogens is 3. The van der Waals surface area contributed by atoms with E-state index in [1.54, 1.807) is 0 Å². The number of benzene rings is 2. The molecule has 27 heavy (non-hydrogen) atoms. The lowest BCUT2D eigenvalue weighted by Gasteiger charge is -2.30. The van der Waals surface area contributed by atoms with Gasteiger partial charge in [-0.15, -0.1) is 5.10 Å². The van der Waals surface area contributed by atoms with E-state index < -0.39 is 0 Å². The number of hydrogen-bond acceptors (Lipinski definition) is 4. The lowest BCUT2D eigenvalue weighted by atomic mass is 10.1. The van der Waals surface area contributed by atoms with E-state index in [0.717, 1.165) is 18.8 Å². The first-order chi connectivity index (χ1) is 13.2. The summed E-state index contributed by atoms with van der Waals surface area (Å²) in [4.78, 5) is 16.4. The van der Waals surface area contributed by atoms with Crippen molar-refractivity contribution in [3.05, 3.63) is 78.1 Å². The zero-order valence-corrected chi connectivity index (χ0v) is 15.7. The molecule has 0 fully saturated rings. The van der Waals surface area contributed by atoms with E-state index in [4.69, 9.17) is 0 Å². The summed E-state index contributed by atoms with van der Waals surface area (Å²) >= 11 is 0. The van der Waals surface area contributed by atoms with Crippen LogP contribution in [0.4, 0.5) is 0 Å². The van der Waals surface area contributed by atoms with Gasteiger partial charge in [-0.3, -0.25) is 9.69 Å². The van der Waals surface area contributed by atoms with Crippen LogP contribution in [-0.4, -0.2) is 45.4 Å².